The zero-order chi connectivity index (χ0) is 13.2. The summed E-state index contributed by atoms with van der Waals surface area (Å²) >= 11 is 0. The van der Waals surface area contributed by atoms with E-state index in [9.17, 15) is 0 Å². The number of para-hydroxylation sites is 1. The van der Waals surface area contributed by atoms with Crippen LogP contribution < -0.4 is 10.5 Å². The van der Waals surface area contributed by atoms with Crippen LogP contribution in [-0.4, -0.2) is 12.8 Å². The lowest BCUT2D eigenvalue weighted by molar-refractivity contribution is -0.0451. The van der Waals surface area contributed by atoms with Gasteiger partial charge in [-0.05, 0) is 17.9 Å². The first kappa shape index (κ1) is 13.4. The minimum absolute atomic E-state index is 0.0623. The van der Waals surface area contributed by atoms with Crippen LogP contribution in [0.1, 0.15) is 45.3 Å². The molecule has 1 aromatic rings. The summed E-state index contributed by atoms with van der Waals surface area (Å²) in [6.45, 7) is 7.22. The maximum Gasteiger partial charge on any atom is 0.125 e. The second-order valence-electron chi connectivity index (χ2n) is 6.10. The molecule has 0 saturated heterocycles. The molecule has 100 valence electrons. The van der Waals surface area contributed by atoms with Crippen LogP contribution in [-0.2, 0) is 4.74 Å². The number of rotatable bonds is 3. The van der Waals surface area contributed by atoms with Gasteiger partial charge in [0.1, 0.15) is 12.0 Å². The first-order chi connectivity index (χ1) is 8.46. The largest absolute Gasteiger partial charge is 0.493 e. The number of hydrogen-bond acceptors (Lipinski definition) is 3. The van der Waals surface area contributed by atoms with E-state index in [1.165, 1.54) is 0 Å². The smallest absolute Gasteiger partial charge is 0.125 e. The van der Waals surface area contributed by atoms with Crippen molar-refractivity contribution in [2.75, 3.05) is 6.61 Å². The molecule has 1 aromatic carbocycles. The molecule has 0 saturated carbocycles. The Hall–Kier alpha value is -1.06. The van der Waals surface area contributed by atoms with Gasteiger partial charge in [0.25, 0.3) is 0 Å². The van der Waals surface area contributed by atoms with Crippen molar-refractivity contribution < 1.29 is 9.47 Å². The molecule has 0 fully saturated rings. The van der Waals surface area contributed by atoms with Gasteiger partial charge in [-0.15, -0.1) is 0 Å². The van der Waals surface area contributed by atoms with Crippen LogP contribution >= 0.6 is 0 Å². The van der Waals surface area contributed by atoms with E-state index in [1.807, 2.05) is 18.2 Å². The molecular weight excluding hydrogens is 226 g/mol. The second kappa shape index (κ2) is 5.29. The Balaban J connectivity index is 2.03. The first-order valence-electron chi connectivity index (χ1n) is 6.58. The van der Waals surface area contributed by atoms with Gasteiger partial charge in [0.15, 0.2) is 0 Å². The molecule has 0 radical (unpaired) electrons. The zero-order valence-electron chi connectivity index (χ0n) is 11.5. The molecule has 1 heterocycles. The van der Waals surface area contributed by atoms with Gasteiger partial charge in [0.2, 0.25) is 0 Å². The van der Waals surface area contributed by atoms with E-state index in [0.717, 1.165) is 24.2 Å². The second-order valence-corrected chi connectivity index (χ2v) is 6.10. The van der Waals surface area contributed by atoms with Crippen molar-refractivity contribution in [2.24, 2.45) is 11.1 Å². The van der Waals surface area contributed by atoms with E-state index < -0.39 is 0 Å². The van der Waals surface area contributed by atoms with Crippen LogP contribution in [0.15, 0.2) is 24.3 Å². The number of ether oxygens (including phenoxy) is 2. The predicted molar refractivity (Wildman–Crippen MR) is 72.4 cm³/mol. The Morgan fingerprint density at radius 1 is 1.39 bits per heavy atom. The van der Waals surface area contributed by atoms with Crippen LogP contribution in [0.5, 0.6) is 5.75 Å². The summed E-state index contributed by atoms with van der Waals surface area (Å²) in [5.74, 6) is 0.928. The van der Waals surface area contributed by atoms with Gasteiger partial charge in [0.05, 0.1) is 12.7 Å². The molecular formula is C15H23NO2. The zero-order valence-corrected chi connectivity index (χ0v) is 11.5. The Labute approximate surface area is 109 Å². The van der Waals surface area contributed by atoms with Gasteiger partial charge in [-0.2, -0.15) is 0 Å². The van der Waals surface area contributed by atoms with Crippen LogP contribution in [0.3, 0.4) is 0 Å². The third-order valence-corrected chi connectivity index (χ3v) is 3.06. The van der Waals surface area contributed by atoms with E-state index in [2.05, 4.69) is 26.8 Å². The van der Waals surface area contributed by atoms with Crippen LogP contribution in [0.2, 0.25) is 0 Å². The Morgan fingerprint density at radius 2 is 2.11 bits per heavy atom. The molecule has 3 heteroatoms. The summed E-state index contributed by atoms with van der Waals surface area (Å²) in [5, 5.41) is 0. The quantitative estimate of drug-likeness (QED) is 0.836. The lowest BCUT2D eigenvalue weighted by Gasteiger charge is -2.30. The topological polar surface area (TPSA) is 44.5 Å². The summed E-state index contributed by atoms with van der Waals surface area (Å²) in [7, 11) is 0. The number of hydrogen-bond donors (Lipinski definition) is 1. The minimum Gasteiger partial charge on any atom is -0.493 e. The van der Waals surface area contributed by atoms with Gasteiger partial charge in [-0.1, -0.05) is 39.0 Å². The van der Waals surface area contributed by atoms with Crippen molar-refractivity contribution in [3.63, 3.8) is 0 Å². The molecule has 2 N–H and O–H groups in total. The monoisotopic (exact) mass is 249 g/mol. The third-order valence-electron chi connectivity index (χ3n) is 3.06. The van der Waals surface area contributed by atoms with E-state index in [-0.39, 0.29) is 17.7 Å². The van der Waals surface area contributed by atoms with E-state index in [4.69, 9.17) is 15.2 Å². The summed E-state index contributed by atoms with van der Waals surface area (Å²) in [4.78, 5) is 0. The highest BCUT2D eigenvalue weighted by Crippen LogP contribution is 2.35. The molecule has 0 aromatic heterocycles. The number of nitrogens with two attached hydrogens (primary N) is 1. The molecule has 1 aliphatic heterocycles. The Morgan fingerprint density at radius 3 is 2.83 bits per heavy atom. The summed E-state index contributed by atoms with van der Waals surface area (Å²) in [5.41, 5.74) is 7.39. The molecule has 0 spiro atoms. The van der Waals surface area contributed by atoms with E-state index >= 15 is 0 Å². The van der Waals surface area contributed by atoms with Crippen LogP contribution in [0.25, 0.3) is 0 Å². The Bertz CT molecular complexity index is 398. The molecule has 18 heavy (non-hydrogen) atoms. The first-order valence-corrected chi connectivity index (χ1v) is 6.58. The SMILES string of the molecule is CC(C)(C)CC(N)OC1CCOc2ccccc21. The molecule has 2 atom stereocenters. The molecule has 2 rings (SSSR count). The highest BCUT2D eigenvalue weighted by Gasteiger charge is 2.25. The van der Waals surface area contributed by atoms with Gasteiger partial charge in [-0.3, -0.25) is 0 Å². The fraction of sp³-hybridized carbons (Fsp3) is 0.600. The Kier molecular flexibility index (Phi) is 3.93. The molecule has 0 aliphatic carbocycles. The van der Waals surface area contributed by atoms with Crippen molar-refractivity contribution in [3.05, 3.63) is 29.8 Å². The van der Waals surface area contributed by atoms with Gasteiger partial charge >= 0.3 is 0 Å². The number of fused-ring (bicyclic) bond motifs is 1. The van der Waals surface area contributed by atoms with E-state index in [1.54, 1.807) is 0 Å². The van der Waals surface area contributed by atoms with Crippen LogP contribution in [0, 0.1) is 5.41 Å². The maximum absolute atomic E-state index is 6.08. The predicted octanol–water partition coefficient (Wildman–Crippen LogP) is 3.25. The minimum atomic E-state index is -0.221. The van der Waals surface area contributed by atoms with Crippen LogP contribution in [0.4, 0.5) is 0 Å². The normalized spacial score (nSPS) is 21.0. The average molecular weight is 249 g/mol. The summed E-state index contributed by atoms with van der Waals surface area (Å²) < 4.78 is 11.6. The van der Waals surface area contributed by atoms with Crippen molar-refractivity contribution in [1.29, 1.82) is 0 Å². The number of benzene rings is 1. The van der Waals surface area contributed by atoms with Gasteiger partial charge < -0.3 is 15.2 Å². The lowest BCUT2D eigenvalue weighted by Crippen LogP contribution is -2.32. The molecule has 1 aliphatic rings. The van der Waals surface area contributed by atoms with Crippen molar-refractivity contribution in [2.45, 2.75) is 45.9 Å². The fourth-order valence-electron chi connectivity index (χ4n) is 2.31. The highest BCUT2D eigenvalue weighted by atomic mass is 16.5. The van der Waals surface area contributed by atoms with E-state index in [0.29, 0.717) is 6.61 Å². The molecule has 3 nitrogen and oxygen atoms in total. The fourth-order valence-corrected chi connectivity index (χ4v) is 2.31. The molecule has 2 unspecified atom stereocenters. The summed E-state index contributed by atoms with van der Waals surface area (Å²) in [6.07, 6.45) is 1.56. The highest BCUT2D eigenvalue weighted by molar-refractivity contribution is 5.36. The van der Waals surface area contributed by atoms with Crippen molar-refractivity contribution in [3.8, 4) is 5.75 Å². The van der Waals surface area contributed by atoms with Crippen molar-refractivity contribution >= 4 is 0 Å². The maximum atomic E-state index is 6.08. The van der Waals surface area contributed by atoms with Gasteiger partial charge in [0, 0.05) is 12.0 Å². The average Bonchev–Trinajstić information content (AvgIpc) is 2.27. The lowest BCUT2D eigenvalue weighted by atomic mass is 9.91. The standard InChI is InChI=1S/C15H23NO2/c1-15(2,3)10-14(16)18-13-8-9-17-12-7-5-4-6-11(12)13/h4-7,13-14H,8-10,16H2,1-3H3. The molecule has 0 amide bonds. The molecule has 0 bridgehead atoms. The summed E-state index contributed by atoms with van der Waals surface area (Å²) in [6, 6.07) is 8.04. The van der Waals surface area contributed by atoms with Crippen molar-refractivity contribution in [1.82, 2.24) is 0 Å². The third kappa shape index (κ3) is 3.47. The van der Waals surface area contributed by atoms with Gasteiger partial charge in [-0.25, -0.2) is 0 Å².